The van der Waals surface area contributed by atoms with Gasteiger partial charge >= 0.3 is 13.2 Å². The molecule has 8 heteroatoms. The number of aryl methyl sites for hydroxylation is 1. The molecule has 0 fully saturated rings. The Kier molecular flexibility index (Phi) is 9.53. The van der Waals surface area contributed by atoms with E-state index in [4.69, 9.17) is 0 Å². The molecule has 0 aliphatic carbocycles. The van der Waals surface area contributed by atoms with E-state index < -0.39 is 7.25 Å². The minimum Gasteiger partial charge on any atom is -0.418 e. The second-order valence-corrected chi connectivity index (χ2v) is 10.3. The molecule has 0 unspecified atom stereocenters. The molecular weight excluding hydrogens is 575 g/mol. The molecule has 0 spiro atoms. The number of pyridine rings is 1. The highest BCUT2D eigenvalue weighted by Gasteiger charge is 2.28. The predicted octanol–water partition coefficient (Wildman–Crippen LogP) is 9.83. The lowest BCUT2D eigenvalue weighted by Gasteiger charge is -2.13. The number of halogens is 4. The fourth-order valence-corrected chi connectivity index (χ4v) is 4.92. The molecule has 6 rings (SSSR count). The number of aromatic nitrogens is 1. The van der Waals surface area contributed by atoms with E-state index in [1.54, 1.807) is 0 Å². The van der Waals surface area contributed by atoms with Crippen LogP contribution < -0.4 is 9.88 Å². The van der Waals surface area contributed by atoms with E-state index in [0.29, 0.717) is 5.69 Å². The van der Waals surface area contributed by atoms with Gasteiger partial charge in [0.1, 0.15) is 0 Å². The zero-order chi connectivity index (χ0) is 31.8. The summed E-state index contributed by atoms with van der Waals surface area (Å²) < 4.78 is 41.1. The molecule has 0 aliphatic heterocycles. The van der Waals surface area contributed by atoms with Gasteiger partial charge < -0.3 is 22.6 Å². The first-order valence-corrected chi connectivity index (χ1v) is 14.3. The highest BCUT2D eigenvalue weighted by atomic mass is 19.5. The molecule has 0 atom stereocenters. The monoisotopic (exact) mass is 604 g/mol. The summed E-state index contributed by atoms with van der Waals surface area (Å²) in [5.74, 6) is -0.178. The van der Waals surface area contributed by atoms with E-state index in [-0.39, 0.29) is 5.91 Å². The van der Waals surface area contributed by atoms with Crippen LogP contribution in [0.4, 0.5) is 23.0 Å². The van der Waals surface area contributed by atoms with Gasteiger partial charge in [-0.2, -0.15) is 0 Å². The molecule has 6 aromatic rings. The van der Waals surface area contributed by atoms with Gasteiger partial charge in [0.05, 0.1) is 0 Å². The van der Waals surface area contributed by atoms with Gasteiger partial charge in [-0.05, 0) is 53.4 Å². The van der Waals surface area contributed by atoms with Crippen molar-refractivity contribution in [3.63, 3.8) is 0 Å². The lowest BCUT2D eigenvalue weighted by Crippen LogP contribution is -2.42. The Hall–Kier alpha value is -5.50. The second kappa shape index (κ2) is 13.9. The summed E-state index contributed by atoms with van der Waals surface area (Å²) in [5, 5.41) is 3.16. The molecule has 5 aromatic carbocycles. The molecule has 0 aliphatic rings. The van der Waals surface area contributed by atoms with Crippen molar-refractivity contribution in [1.29, 1.82) is 0 Å². The van der Waals surface area contributed by atoms with Crippen LogP contribution in [0.3, 0.4) is 0 Å². The Balaban J connectivity index is 0.000000743. The number of carbonyl (C=O) groups is 1. The molecule has 45 heavy (non-hydrogen) atoms. The third-order valence-corrected chi connectivity index (χ3v) is 7.02. The Morgan fingerprint density at radius 2 is 1.00 bits per heavy atom. The van der Waals surface area contributed by atoms with Gasteiger partial charge in [0.2, 0.25) is 11.4 Å². The quantitative estimate of drug-likeness (QED) is 0.115. The molecular formula is C37H29BF4N2O. The van der Waals surface area contributed by atoms with Gasteiger partial charge in [-0.1, -0.05) is 109 Å². The first-order valence-electron chi connectivity index (χ1n) is 14.3. The molecule has 224 valence electrons. The van der Waals surface area contributed by atoms with E-state index in [9.17, 15) is 22.1 Å². The normalized spacial score (nSPS) is 10.9. The van der Waals surface area contributed by atoms with Crippen LogP contribution in [0.25, 0.3) is 39.2 Å². The van der Waals surface area contributed by atoms with Gasteiger partial charge in [-0.3, -0.25) is 4.79 Å². The number of amides is 1. The number of rotatable bonds is 6. The minimum absolute atomic E-state index is 0.178. The van der Waals surface area contributed by atoms with Gasteiger partial charge in [-0.25, -0.2) is 0 Å². The fraction of sp³-hybridized carbons (Fsp3) is 0.0270. The number of hydrogen-bond donors (Lipinski definition) is 1. The number of nitrogens with one attached hydrogen (secondary N) is 1. The number of carbonyl (C=O) groups excluding carboxylic acids is 1. The van der Waals surface area contributed by atoms with Crippen LogP contribution in [0.2, 0.25) is 0 Å². The predicted molar refractivity (Wildman–Crippen MR) is 174 cm³/mol. The third kappa shape index (κ3) is 8.33. The Bertz CT molecular complexity index is 1860. The van der Waals surface area contributed by atoms with E-state index in [2.05, 4.69) is 83.5 Å². The van der Waals surface area contributed by atoms with E-state index in [1.165, 1.54) is 0 Å². The fourth-order valence-electron chi connectivity index (χ4n) is 4.92. The summed E-state index contributed by atoms with van der Waals surface area (Å²) in [6, 6.07) is 51.0. The van der Waals surface area contributed by atoms with Crippen LogP contribution in [-0.2, 0) is 0 Å². The van der Waals surface area contributed by atoms with Crippen molar-refractivity contribution in [2.24, 2.45) is 0 Å². The zero-order valence-electron chi connectivity index (χ0n) is 24.4. The van der Waals surface area contributed by atoms with E-state index in [1.807, 2.05) is 84.9 Å². The van der Waals surface area contributed by atoms with Crippen molar-refractivity contribution >= 4 is 18.8 Å². The Morgan fingerprint density at radius 1 is 0.556 bits per heavy atom. The number of anilines is 1. The smallest absolute Gasteiger partial charge is 0.418 e. The Morgan fingerprint density at radius 3 is 1.51 bits per heavy atom. The maximum Gasteiger partial charge on any atom is 0.673 e. The topological polar surface area (TPSA) is 33.0 Å². The highest BCUT2D eigenvalue weighted by molar-refractivity contribution is 6.50. The van der Waals surface area contributed by atoms with Gasteiger partial charge in [0.25, 0.3) is 5.69 Å². The molecule has 0 radical (unpaired) electrons. The maximum absolute atomic E-state index is 14.1. The second-order valence-electron chi connectivity index (χ2n) is 10.3. The lowest BCUT2D eigenvalue weighted by atomic mass is 10.0. The first kappa shape index (κ1) is 30.9. The van der Waals surface area contributed by atoms with Crippen molar-refractivity contribution in [3.05, 3.63) is 163 Å². The van der Waals surface area contributed by atoms with Crippen molar-refractivity contribution in [2.45, 2.75) is 6.92 Å². The van der Waals surface area contributed by atoms with Gasteiger partial charge in [0, 0.05) is 35.5 Å². The largest absolute Gasteiger partial charge is 0.673 e. The van der Waals surface area contributed by atoms with Crippen molar-refractivity contribution in [1.82, 2.24) is 0 Å². The highest BCUT2D eigenvalue weighted by Crippen LogP contribution is 2.28. The van der Waals surface area contributed by atoms with Crippen LogP contribution in [0, 0.1) is 6.92 Å². The summed E-state index contributed by atoms with van der Waals surface area (Å²) in [7, 11) is -6.00. The summed E-state index contributed by atoms with van der Waals surface area (Å²) >= 11 is 0. The summed E-state index contributed by atoms with van der Waals surface area (Å²) in [4.78, 5) is 14.1. The summed E-state index contributed by atoms with van der Waals surface area (Å²) in [6.07, 6.45) is 0. The molecule has 1 aromatic heterocycles. The SMILES string of the molecule is Cc1ccc(-[n+]2c(C(=O)Nc3ccc(-c4ccccc4)cc3)cc(-c3ccccc3)cc2-c2ccccc2)cc1.F[B-](F)(F)F. The number of nitrogens with zero attached hydrogens (tertiary/aromatic N) is 1. The van der Waals surface area contributed by atoms with Crippen molar-refractivity contribution in [2.75, 3.05) is 5.32 Å². The average molecular weight is 604 g/mol. The zero-order valence-corrected chi connectivity index (χ0v) is 24.4. The molecule has 3 nitrogen and oxygen atoms in total. The van der Waals surface area contributed by atoms with Crippen LogP contribution in [-0.4, -0.2) is 13.2 Å². The van der Waals surface area contributed by atoms with Gasteiger partial charge in [0.15, 0.2) is 0 Å². The van der Waals surface area contributed by atoms with Crippen LogP contribution in [0.15, 0.2) is 152 Å². The molecule has 0 saturated heterocycles. The molecule has 0 saturated carbocycles. The van der Waals surface area contributed by atoms with E-state index in [0.717, 1.165) is 50.4 Å². The standard InChI is InChI=1S/C37H28N2O.BF4/c1-27-17-23-34(24-18-27)39-35(31-15-9-4-10-16-31)25-32(29-13-7-3-8-14-29)26-36(39)37(40)38-33-21-19-30(20-22-33)28-11-5-2-6-12-28;2-1(3,4)5/h2-26H,1H3;/q;-1/p+1. The van der Waals surface area contributed by atoms with Crippen LogP contribution >= 0.6 is 0 Å². The molecule has 1 N–H and O–H groups in total. The molecule has 0 bridgehead atoms. The van der Waals surface area contributed by atoms with Crippen molar-refractivity contribution in [3.8, 4) is 39.2 Å². The summed E-state index contributed by atoms with van der Waals surface area (Å²) in [6.45, 7) is 2.07. The lowest BCUT2D eigenvalue weighted by molar-refractivity contribution is -0.586. The first-order chi connectivity index (χ1) is 21.7. The number of hydrogen-bond acceptors (Lipinski definition) is 1. The average Bonchev–Trinajstić information content (AvgIpc) is 3.05. The van der Waals surface area contributed by atoms with Crippen LogP contribution in [0.1, 0.15) is 16.1 Å². The molecule has 1 amide bonds. The van der Waals surface area contributed by atoms with Crippen LogP contribution in [0.5, 0.6) is 0 Å². The molecule has 1 heterocycles. The van der Waals surface area contributed by atoms with E-state index >= 15 is 0 Å². The third-order valence-electron chi connectivity index (χ3n) is 7.02. The minimum atomic E-state index is -6.00. The van der Waals surface area contributed by atoms with Gasteiger partial charge in [-0.15, -0.1) is 4.57 Å². The number of benzene rings is 5. The Labute approximate surface area is 259 Å². The summed E-state index contributed by atoms with van der Waals surface area (Å²) in [5.41, 5.74) is 9.63. The maximum atomic E-state index is 14.1. The van der Waals surface area contributed by atoms with Crippen molar-refractivity contribution < 1.29 is 26.6 Å².